The number of likely N-dealkylation sites (N-methyl/N-ethyl adjacent to an activating group) is 1. The van der Waals surface area contributed by atoms with Gasteiger partial charge < -0.3 is 29.1 Å². The molecule has 0 saturated carbocycles. The zero-order chi connectivity index (χ0) is 43.7. The molecule has 0 aliphatic heterocycles. The highest BCUT2D eigenvalue weighted by molar-refractivity contribution is 7.47. The summed E-state index contributed by atoms with van der Waals surface area (Å²) in [6.45, 7) is 4.45. The molecule has 0 rings (SSSR count). The van der Waals surface area contributed by atoms with Crippen molar-refractivity contribution in [1.29, 1.82) is 0 Å². The average molecular weight is 849 g/mol. The number of unbranched alkanes of at least 4 members (excludes halogenated alkanes) is 12. The maximum absolute atomic E-state index is 12.5. The second-order valence-electron chi connectivity index (χ2n) is 15.8. The number of nitrogens with zero attached hydrogens (tertiary/aromatic N) is 1. The smallest absolute Gasteiger partial charge is 0.472 e. The zero-order valence-corrected chi connectivity index (χ0v) is 38.3. The third-order valence-electron chi connectivity index (χ3n) is 8.89. The number of ether oxygens (including phenoxy) is 2. The van der Waals surface area contributed by atoms with E-state index in [1.807, 2.05) is 75.8 Å². The Labute approximate surface area is 359 Å². The molecule has 10 nitrogen and oxygen atoms in total. The van der Waals surface area contributed by atoms with Gasteiger partial charge in [0, 0.05) is 6.42 Å². The van der Waals surface area contributed by atoms with Crippen LogP contribution in [-0.4, -0.2) is 91.4 Å². The summed E-state index contributed by atoms with van der Waals surface area (Å²) in [4.78, 5) is 22.7. The Hall–Kier alpha value is -2.82. The van der Waals surface area contributed by atoms with Crippen LogP contribution in [0.2, 0.25) is 0 Å². The van der Waals surface area contributed by atoms with E-state index in [0.717, 1.165) is 38.5 Å². The Morgan fingerprint density at radius 2 is 1.27 bits per heavy atom. The molecule has 0 bridgehead atoms. The lowest BCUT2D eigenvalue weighted by Gasteiger charge is -2.24. The number of hydrogen-bond acceptors (Lipinski definition) is 8. The van der Waals surface area contributed by atoms with Crippen LogP contribution in [-0.2, 0) is 27.9 Å². The maximum Gasteiger partial charge on any atom is 0.472 e. The third-order valence-corrected chi connectivity index (χ3v) is 9.88. The molecule has 0 aromatic heterocycles. The fourth-order valence-corrected chi connectivity index (χ4v) is 6.07. The largest absolute Gasteiger partial charge is 0.492 e. The lowest BCUT2D eigenvalue weighted by molar-refractivity contribution is -0.870. The first kappa shape index (κ1) is 56.2. The van der Waals surface area contributed by atoms with Crippen molar-refractivity contribution in [2.24, 2.45) is 0 Å². The second-order valence-corrected chi connectivity index (χ2v) is 17.3. The van der Waals surface area contributed by atoms with Crippen molar-refractivity contribution >= 4 is 13.8 Å². The molecule has 0 aliphatic rings. The number of carbonyl (C=O) groups is 1. The Bertz CT molecular complexity index is 1300. The number of esters is 1. The average Bonchev–Trinajstić information content (AvgIpc) is 3.18. The minimum absolute atomic E-state index is 0.0492. The fraction of sp³-hybridized carbons (Fsp3) is 0.646. The maximum atomic E-state index is 12.5. The molecule has 0 aromatic rings. The molecule has 0 heterocycles. The van der Waals surface area contributed by atoms with Crippen LogP contribution in [0.3, 0.4) is 0 Å². The van der Waals surface area contributed by atoms with Gasteiger partial charge in [0.1, 0.15) is 19.8 Å². The molecule has 1 unspecified atom stereocenters. The molecule has 3 N–H and O–H groups in total. The van der Waals surface area contributed by atoms with E-state index >= 15 is 0 Å². The Kier molecular flexibility index (Phi) is 37.4. The first-order chi connectivity index (χ1) is 28.4. The minimum Gasteiger partial charge on any atom is -0.492 e. The summed E-state index contributed by atoms with van der Waals surface area (Å²) in [7, 11) is 1.54. The number of rotatable bonds is 39. The highest BCUT2D eigenvalue weighted by Crippen LogP contribution is 2.43. The summed E-state index contributed by atoms with van der Waals surface area (Å²) in [5, 5.41) is 20.0. The van der Waals surface area contributed by atoms with Crippen molar-refractivity contribution in [3.63, 3.8) is 0 Å². The Morgan fingerprint density at radius 3 is 1.92 bits per heavy atom. The lowest BCUT2D eigenvalue weighted by atomic mass is 10.1. The van der Waals surface area contributed by atoms with Gasteiger partial charge in [-0.25, -0.2) is 4.57 Å². The van der Waals surface area contributed by atoms with Crippen molar-refractivity contribution in [2.75, 3.05) is 47.5 Å². The van der Waals surface area contributed by atoms with Gasteiger partial charge in [-0.2, -0.15) is 0 Å². The minimum atomic E-state index is -4.32. The van der Waals surface area contributed by atoms with Gasteiger partial charge in [0.25, 0.3) is 0 Å². The van der Waals surface area contributed by atoms with Gasteiger partial charge in [-0.3, -0.25) is 13.8 Å². The summed E-state index contributed by atoms with van der Waals surface area (Å²) in [5.74, 6) is -0.421. The highest BCUT2D eigenvalue weighted by Gasteiger charge is 2.25. The quantitative estimate of drug-likeness (QED) is 0.0105. The SMILES string of the molecule is CC/C=C\C[C@@H](O)/C=C/C=C\C/C=C\C=C\[C@@H](O)/C=C\CCCC(=O)OC[C@H](COP(=O)(O)OCC[N+](C)(C)C)O/C=C/CCCCCC/C=C\CCCCCCCC. The summed E-state index contributed by atoms with van der Waals surface area (Å²) in [6.07, 6.45) is 47.6. The van der Waals surface area contributed by atoms with E-state index in [2.05, 4.69) is 26.0 Å². The van der Waals surface area contributed by atoms with Crippen molar-refractivity contribution < 1.29 is 47.5 Å². The van der Waals surface area contributed by atoms with Crippen molar-refractivity contribution in [3.05, 3.63) is 97.4 Å². The first-order valence-corrected chi connectivity index (χ1v) is 23.8. The fourth-order valence-electron chi connectivity index (χ4n) is 5.33. The van der Waals surface area contributed by atoms with Crippen molar-refractivity contribution in [1.82, 2.24) is 0 Å². The number of allylic oxidation sites excluding steroid dienone is 11. The summed E-state index contributed by atoms with van der Waals surface area (Å²) in [6, 6.07) is 0. The van der Waals surface area contributed by atoms with Gasteiger partial charge in [-0.15, -0.1) is 0 Å². The lowest BCUT2D eigenvalue weighted by Crippen LogP contribution is -2.37. The summed E-state index contributed by atoms with van der Waals surface area (Å²) < 4.78 is 34.6. The number of aliphatic hydroxyl groups is 2. The number of phosphoric ester groups is 1. The second kappa shape index (κ2) is 39.3. The van der Waals surface area contributed by atoms with Crippen molar-refractivity contribution in [2.45, 2.75) is 154 Å². The molecule has 0 aromatic carbocycles. The van der Waals surface area contributed by atoms with Gasteiger partial charge in [-0.05, 0) is 76.7 Å². The number of carbonyl (C=O) groups excluding carboxylic acids is 1. The van der Waals surface area contributed by atoms with E-state index < -0.39 is 32.1 Å². The Morgan fingerprint density at radius 1 is 0.661 bits per heavy atom. The molecule has 0 spiro atoms. The van der Waals surface area contributed by atoms with Crippen LogP contribution in [0.25, 0.3) is 0 Å². The van der Waals surface area contributed by atoms with E-state index in [1.54, 1.807) is 30.6 Å². The molecule has 338 valence electrons. The molecule has 0 aliphatic carbocycles. The molecule has 59 heavy (non-hydrogen) atoms. The van der Waals surface area contributed by atoms with Crippen LogP contribution in [0, 0.1) is 0 Å². The van der Waals surface area contributed by atoms with E-state index in [1.165, 1.54) is 57.8 Å². The van der Waals surface area contributed by atoms with E-state index in [4.69, 9.17) is 18.5 Å². The third kappa shape index (κ3) is 43.1. The topological polar surface area (TPSA) is 132 Å². The number of hydrogen-bond donors (Lipinski definition) is 3. The van der Waals surface area contributed by atoms with Gasteiger partial charge in [-0.1, -0.05) is 144 Å². The van der Waals surface area contributed by atoms with Crippen LogP contribution in [0.1, 0.15) is 136 Å². The number of aliphatic hydroxyl groups excluding tert-OH is 2. The van der Waals surface area contributed by atoms with E-state index in [0.29, 0.717) is 30.3 Å². The van der Waals surface area contributed by atoms with Gasteiger partial charge in [0.15, 0.2) is 6.10 Å². The Balaban J connectivity index is 4.57. The molecule has 0 saturated heterocycles. The van der Waals surface area contributed by atoms with Gasteiger partial charge in [0.2, 0.25) is 0 Å². The van der Waals surface area contributed by atoms with Gasteiger partial charge in [0.05, 0.1) is 46.2 Å². The van der Waals surface area contributed by atoms with Gasteiger partial charge >= 0.3 is 13.8 Å². The van der Waals surface area contributed by atoms with Crippen LogP contribution in [0.4, 0.5) is 0 Å². The molecule has 4 atom stereocenters. The van der Waals surface area contributed by atoms with Crippen LogP contribution < -0.4 is 0 Å². The highest BCUT2D eigenvalue weighted by atomic mass is 31.2. The predicted molar refractivity (Wildman–Crippen MR) is 245 cm³/mol. The monoisotopic (exact) mass is 849 g/mol. The van der Waals surface area contributed by atoms with E-state index in [9.17, 15) is 24.5 Å². The standard InChI is InChI=1S/C48H82NO9P/c1-6-8-10-11-12-13-14-15-16-17-18-19-20-24-27-34-41-55-47(44-58-59(53,54)57-42-40-49(3,4)5)43-56-48(52)39-33-28-32-38-46(51)37-31-26-23-21-22-25-30-36-45(50)35-29-9-7-2/h9,15-16,22-23,25-26,29-32,34,36-38,41,45-47,50-51H,6-8,10-14,17-21,24,27-28,33,35,39-40,42-44H2,1-5H3/p+1/b16-15-,25-22-,26-23-,29-9-,36-30+,37-31+,38-32-,41-34+/t45-,46-,47-/m1/s1. The van der Waals surface area contributed by atoms with Crippen LogP contribution in [0.15, 0.2) is 97.4 Å². The normalized spacial score (nSPS) is 15.7. The molecule has 0 amide bonds. The molecular formula is C48H83NO9P+. The molecule has 0 fully saturated rings. The first-order valence-electron chi connectivity index (χ1n) is 22.3. The predicted octanol–water partition coefficient (Wildman–Crippen LogP) is 11.3. The zero-order valence-electron chi connectivity index (χ0n) is 37.4. The summed E-state index contributed by atoms with van der Waals surface area (Å²) >= 11 is 0. The number of phosphoric acid groups is 1. The van der Waals surface area contributed by atoms with Crippen LogP contribution >= 0.6 is 7.82 Å². The summed E-state index contributed by atoms with van der Waals surface area (Å²) in [5.41, 5.74) is 0. The van der Waals surface area contributed by atoms with E-state index in [-0.39, 0.29) is 26.2 Å². The van der Waals surface area contributed by atoms with Crippen LogP contribution in [0.5, 0.6) is 0 Å². The van der Waals surface area contributed by atoms with Crippen molar-refractivity contribution in [3.8, 4) is 0 Å². The number of quaternary nitrogens is 1. The molecular weight excluding hydrogens is 765 g/mol. The molecule has 0 radical (unpaired) electrons. The molecule has 11 heteroatoms.